The van der Waals surface area contributed by atoms with Crippen LogP contribution in [0.4, 0.5) is 0 Å². The van der Waals surface area contributed by atoms with Gasteiger partial charge in [0.25, 0.3) is 0 Å². The van der Waals surface area contributed by atoms with Gasteiger partial charge in [0, 0.05) is 0 Å². The topological polar surface area (TPSA) is 38.3 Å². The fourth-order valence-electron chi connectivity index (χ4n) is 2.49. The molecular formula is C12H21NO2. The van der Waals surface area contributed by atoms with E-state index in [1.54, 1.807) is 0 Å². The number of hydrogen-bond donors (Lipinski definition) is 1. The highest BCUT2D eigenvalue weighted by Gasteiger charge is 2.26. The predicted molar refractivity (Wildman–Crippen MR) is 58.6 cm³/mol. The molecule has 15 heavy (non-hydrogen) atoms. The van der Waals surface area contributed by atoms with E-state index in [0.29, 0.717) is 0 Å². The molecule has 0 amide bonds. The highest BCUT2D eigenvalue weighted by Crippen LogP contribution is 2.21. The molecule has 0 unspecified atom stereocenters. The van der Waals surface area contributed by atoms with Crippen molar-refractivity contribution in [2.75, 3.05) is 6.54 Å². The van der Waals surface area contributed by atoms with E-state index in [2.05, 4.69) is 5.32 Å². The Hall–Kier alpha value is -0.570. The van der Waals surface area contributed by atoms with E-state index < -0.39 is 0 Å². The van der Waals surface area contributed by atoms with Crippen molar-refractivity contribution in [3.05, 3.63) is 0 Å². The number of rotatable bonds is 2. The highest BCUT2D eigenvalue weighted by molar-refractivity contribution is 5.76. The quantitative estimate of drug-likeness (QED) is 0.561. The lowest BCUT2D eigenvalue weighted by molar-refractivity contribution is -0.151. The molecule has 1 saturated carbocycles. The molecule has 0 aromatic heterocycles. The van der Waals surface area contributed by atoms with Gasteiger partial charge in [0.05, 0.1) is 0 Å². The van der Waals surface area contributed by atoms with Crippen molar-refractivity contribution < 1.29 is 9.53 Å². The summed E-state index contributed by atoms with van der Waals surface area (Å²) in [5, 5.41) is 3.19. The second kappa shape index (κ2) is 5.50. The number of carbonyl (C=O) groups excluding carboxylic acids is 1. The summed E-state index contributed by atoms with van der Waals surface area (Å²) in [5.74, 6) is -0.0144. The van der Waals surface area contributed by atoms with Crippen LogP contribution in [0.15, 0.2) is 0 Å². The first-order valence-electron chi connectivity index (χ1n) is 6.30. The molecule has 86 valence electrons. The lowest BCUT2D eigenvalue weighted by atomic mass is 10.1. The fraction of sp³-hybridized carbons (Fsp3) is 0.917. The minimum absolute atomic E-state index is 0.0144. The zero-order chi connectivity index (χ0) is 10.5. The van der Waals surface area contributed by atoms with Gasteiger partial charge in [-0.05, 0) is 45.1 Å². The van der Waals surface area contributed by atoms with Gasteiger partial charge in [-0.2, -0.15) is 0 Å². The molecule has 0 aromatic rings. The van der Waals surface area contributed by atoms with Gasteiger partial charge in [0.1, 0.15) is 12.1 Å². The number of carbonyl (C=O) groups is 1. The first-order chi connectivity index (χ1) is 7.36. The number of hydrogen-bond acceptors (Lipinski definition) is 3. The van der Waals surface area contributed by atoms with Crippen LogP contribution in [-0.2, 0) is 9.53 Å². The number of nitrogens with one attached hydrogen (secondary N) is 1. The molecule has 3 nitrogen and oxygen atoms in total. The van der Waals surface area contributed by atoms with Crippen LogP contribution in [0.5, 0.6) is 0 Å². The normalized spacial score (nSPS) is 28.7. The van der Waals surface area contributed by atoms with Crippen molar-refractivity contribution in [2.45, 2.75) is 63.5 Å². The van der Waals surface area contributed by atoms with Crippen molar-refractivity contribution in [3.63, 3.8) is 0 Å². The summed E-state index contributed by atoms with van der Waals surface area (Å²) in [6.45, 7) is 0.963. The molecule has 1 N–H and O–H groups in total. The Balaban J connectivity index is 1.76. The predicted octanol–water partition coefficient (Wildman–Crippen LogP) is 2.00. The Morgan fingerprint density at radius 1 is 1.00 bits per heavy atom. The van der Waals surface area contributed by atoms with Gasteiger partial charge >= 0.3 is 5.97 Å². The molecule has 3 heteroatoms. The van der Waals surface area contributed by atoms with Gasteiger partial charge < -0.3 is 10.1 Å². The van der Waals surface area contributed by atoms with Gasteiger partial charge in [-0.25, -0.2) is 0 Å². The van der Waals surface area contributed by atoms with Gasteiger partial charge in [0.2, 0.25) is 0 Å². The van der Waals surface area contributed by atoms with Crippen LogP contribution in [0.2, 0.25) is 0 Å². The second-order valence-corrected chi connectivity index (χ2v) is 4.70. The van der Waals surface area contributed by atoms with Crippen LogP contribution in [0, 0.1) is 0 Å². The molecule has 1 aliphatic carbocycles. The minimum Gasteiger partial charge on any atom is -0.461 e. The van der Waals surface area contributed by atoms with Crippen LogP contribution < -0.4 is 5.32 Å². The number of ether oxygens (including phenoxy) is 1. The summed E-state index contributed by atoms with van der Waals surface area (Å²) < 4.78 is 5.55. The Bertz CT molecular complexity index is 204. The van der Waals surface area contributed by atoms with E-state index in [-0.39, 0.29) is 18.1 Å². The summed E-state index contributed by atoms with van der Waals surface area (Å²) in [6.07, 6.45) is 9.42. The zero-order valence-electron chi connectivity index (χ0n) is 9.34. The van der Waals surface area contributed by atoms with Crippen molar-refractivity contribution >= 4 is 5.97 Å². The molecule has 2 fully saturated rings. The molecule has 1 aliphatic heterocycles. The summed E-state index contributed by atoms with van der Waals surface area (Å²) in [5.41, 5.74) is 0. The van der Waals surface area contributed by atoms with Gasteiger partial charge in [-0.3, -0.25) is 4.79 Å². The Morgan fingerprint density at radius 3 is 2.33 bits per heavy atom. The minimum atomic E-state index is -0.0201. The lowest BCUT2D eigenvalue weighted by Gasteiger charge is -2.18. The fourth-order valence-corrected chi connectivity index (χ4v) is 2.49. The standard InChI is InChI=1S/C12H21NO2/c14-12(11-8-5-9-13-11)15-10-6-3-1-2-4-7-10/h10-11,13H,1-9H2/t11-/m0/s1. The maximum absolute atomic E-state index is 11.7. The molecule has 0 spiro atoms. The van der Waals surface area contributed by atoms with Crippen molar-refractivity contribution in [1.29, 1.82) is 0 Å². The first-order valence-corrected chi connectivity index (χ1v) is 6.30. The van der Waals surface area contributed by atoms with Gasteiger partial charge in [-0.1, -0.05) is 12.8 Å². The molecule has 1 saturated heterocycles. The molecule has 2 rings (SSSR count). The van der Waals surface area contributed by atoms with E-state index in [0.717, 1.165) is 32.2 Å². The molecule has 1 atom stereocenters. The summed E-state index contributed by atoms with van der Waals surface area (Å²) in [6, 6.07) is -0.0201. The average molecular weight is 211 g/mol. The molecular weight excluding hydrogens is 190 g/mol. The molecule has 1 heterocycles. The maximum atomic E-state index is 11.7. The molecule has 0 aromatic carbocycles. The summed E-state index contributed by atoms with van der Waals surface area (Å²) in [7, 11) is 0. The largest absolute Gasteiger partial charge is 0.461 e. The summed E-state index contributed by atoms with van der Waals surface area (Å²) in [4.78, 5) is 11.7. The van der Waals surface area contributed by atoms with Gasteiger partial charge in [0.15, 0.2) is 0 Å². The smallest absolute Gasteiger partial charge is 0.323 e. The Kier molecular flexibility index (Phi) is 4.01. The van der Waals surface area contributed by atoms with Crippen molar-refractivity contribution in [2.24, 2.45) is 0 Å². The average Bonchev–Trinajstić information content (AvgIpc) is 2.65. The van der Waals surface area contributed by atoms with E-state index in [4.69, 9.17) is 4.74 Å². The van der Waals surface area contributed by atoms with Crippen LogP contribution >= 0.6 is 0 Å². The van der Waals surface area contributed by atoms with E-state index in [1.165, 1.54) is 25.7 Å². The molecule has 0 radical (unpaired) electrons. The van der Waals surface area contributed by atoms with Crippen LogP contribution in [0.3, 0.4) is 0 Å². The van der Waals surface area contributed by atoms with E-state index in [9.17, 15) is 4.79 Å². The van der Waals surface area contributed by atoms with E-state index >= 15 is 0 Å². The Morgan fingerprint density at radius 2 is 1.73 bits per heavy atom. The number of esters is 1. The third-order valence-corrected chi connectivity index (χ3v) is 3.43. The van der Waals surface area contributed by atoms with Crippen LogP contribution in [-0.4, -0.2) is 24.7 Å². The molecule has 0 bridgehead atoms. The molecule has 2 aliphatic rings. The van der Waals surface area contributed by atoms with Gasteiger partial charge in [-0.15, -0.1) is 0 Å². The lowest BCUT2D eigenvalue weighted by Crippen LogP contribution is -2.34. The second-order valence-electron chi connectivity index (χ2n) is 4.70. The van der Waals surface area contributed by atoms with Crippen molar-refractivity contribution in [3.8, 4) is 0 Å². The highest BCUT2D eigenvalue weighted by atomic mass is 16.5. The van der Waals surface area contributed by atoms with E-state index in [1.807, 2.05) is 0 Å². The summed E-state index contributed by atoms with van der Waals surface area (Å²) >= 11 is 0. The van der Waals surface area contributed by atoms with Crippen LogP contribution in [0.1, 0.15) is 51.4 Å². The zero-order valence-corrected chi connectivity index (χ0v) is 9.34. The monoisotopic (exact) mass is 211 g/mol. The third-order valence-electron chi connectivity index (χ3n) is 3.43. The maximum Gasteiger partial charge on any atom is 0.323 e. The van der Waals surface area contributed by atoms with Crippen LogP contribution in [0.25, 0.3) is 0 Å². The first kappa shape index (κ1) is 10.9. The van der Waals surface area contributed by atoms with Crippen molar-refractivity contribution in [1.82, 2.24) is 5.32 Å². The Labute approximate surface area is 91.6 Å². The SMILES string of the molecule is O=C(OC1CCCCCC1)[C@@H]1CCCN1. The third kappa shape index (κ3) is 3.20.